The van der Waals surface area contributed by atoms with Crippen molar-refractivity contribution in [2.75, 3.05) is 39.0 Å². The highest BCUT2D eigenvalue weighted by Gasteiger charge is 2.21. The number of anilines is 1. The molecule has 5 heteroatoms. The van der Waals surface area contributed by atoms with E-state index in [0.717, 1.165) is 29.4 Å². The summed E-state index contributed by atoms with van der Waals surface area (Å²) in [5, 5.41) is 3.65. The van der Waals surface area contributed by atoms with Crippen LogP contribution >= 0.6 is 11.6 Å². The molecule has 0 aliphatic carbocycles. The Morgan fingerprint density at radius 1 is 1.45 bits per heavy atom. The number of rotatable bonds is 5. The van der Waals surface area contributed by atoms with Crippen LogP contribution in [-0.2, 0) is 4.79 Å². The molecule has 1 aromatic carbocycles. The molecular weight excluding hydrogens is 298 g/mol. The molecular formula is C17H26ClN3O. The Labute approximate surface area is 138 Å². The molecule has 1 saturated heterocycles. The van der Waals surface area contributed by atoms with E-state index in [4.69, 9.17) is 11.6 Å². The van der Waals surface area contributed by atoms with Gasteiger partial charge in [0, 0.05) is 23.3 Å². The van der Waals surface area contributed by atoms with Gasteiger partial charge in [0.25, 0.3) is 0 Å². The highest BCUT2D eigenvalue weighted by Crippen LogP contribution is 2.19. The number of likely N-dealkylation sites (N-methyl/N-ethyl adjacent to an activating group) is 2. The summed E-state index contributed by atoms with van der Waals surface area (Å²) in [6, 6.07) is 6.11. The largest absolute Gasteiger partial charge is 0.325 e. The number of nitrogens with one attached hydrogen (secondary N) is 1. The van der Waals surface area contributed by atoms with Crippen LogP contribution in [0.1, 0.15) is 24.8 Å². The zero-order valence-corrected chi connectivity index (χ0v) is 14.5. The first-order valence-electron chi connectivity index (χ1n) is 7.90. The van der Waals surface area contributed by atoms with Crippen molar-refractivity contribution in [2.45, 2.75) is 32.2 Å². The van der Waals surface area contributed by atoms with Gasteiger partial charge in [0.15, 0.2) is 0 Å². The molecule has 1 atom stereocenters. The van der Waals surface area contributed by atoms with Gasteiger partial charge in [0.05, 0.1) is 6.54 Å². The Morgan fingerprint density at radius 3 is 2.91 bits per heavy atom. The van der Waals surface area contributed by atoms with E-state index in [1.54, 1.807) is 0 Å². The lowest BCUT2D eigenvalue weighted by Crippen LogP contribution is -2.45. The molecule has 0 radical (unpaired) electrons. The van der Waals surface area contributed by atoms with E-state index in [2.05, 4.69) is 22.2 Å². The molecule has 22 heavy (non-hydrogen) atoms. The van der Waals surface area contributed by atoms with E-state index in [1.165, 1.54) is 19.3 Å². The van der Waals surface area contributed by atoms with Crippen LogP contribution in [0, 0.1) is 6.92 Å². The molecule has 1 amide bonds. The van der Waals surface area contributed by atoms with E-state index >= 15 is 0 Å². The zero-order valence-electron chi connectivity index (χ0n) is 13.7. The van der Waals surface area contributed by atoms with Crippen molar-refractivity contribution in [3.05, 3.63) is 28.8 Å². The summed E-state index contributed by atoms with van der Waals surface area (Å²) < 4.78 is 0. The maximum absolute atomic E-state index is 12.1. The van der Waals surface area contributed by atoms with E-state index in [-0.39, 0.29) is 5.91 Å². The zero-order chi connectivity index (χ0) is 16.1. The Hall–Kier alpha value is -1.10. The number of hydrogen-bond donors (Lipinski definition) is 1. The lowest BCUT2D eigenvalue weighted by Gasteiger charge is -2.35. The van der Waals surface area contributed by atoms with Crippen LogP contribution in [0.2, 0.25) is 5.02 Å². The third kappa shape index (κ3) is 4.97. The minimum atomic E-state index is 0.0164. The standard InChI is InChI=1S/C17H26ClN3O/c1-13-10-14(7-8-16(13)18)19-17(22)12-20(2)11-15-6-4-5-9-21(15)3/h7-8,10,15H,4-6,9,11-12H2,1-3H3,(H,19,22)/t15-/m1/s1. The fourth-order valence-electron chi connectivity index (χ4n) is 2.97. The fraction of sp³-hybridized carbons (Fsp3) is 0.588. The number of halogens is 1. The smallest absolute Gasteiger partial charge is 0.238 e. The summed E-state index contributed by atoms with van der Waals surface area (Å²) in [5.41, 5.74) is 1.77. The van der Waals surface area contributed by atoms with Gasteiger partial charge in [-0.05, 0) is 64.2 Å². The number of amides is 1. The lowest BCUT2D eigenvalue weighted by molar-refractivity contribution is -0.117. The SMILES string of the molecule is Cc1cc(NC(=O)CN(C)C[C@H]2CCCCN2C)ccc1Cl. The lowest BCUT2D eigenvalue weighted by atomic mass is 10.0. The highest BCUT2D eigenvalue weighted by molar-refractivity contribution is 6.31. The highest BCUT2D eigenvalue weighted by atomic mass is 35.5. The van der Waals surface area contributed by atoms with E-state index < -0.39 is 0 Å². The summed E-state index contributed by atoms with van der Waals surface area (Å²) in [4.78, 5) is 16.6. The number of aryl methyl sites for hydroxylation is 1. The average Bonchev–Trinajstić information content (AvgIpc) is 2.45. The third-order valence-corrected chi connectivity index (χ3v) is 4.72. The number of likely N-dealkylation sites (tertiary alicyclic amines) is 1. The summed E-state index contributed by atoms with van der Waals surface area (Å²) in [6.45, 7) is 4.44. The van der Waals surface area contributed by atoms with E-state index in [1.807, 2.05) is 32.2 Å². The second-order valence-electron chi connectivity index (χ2n) is 6.34. The number of nitrogens with zero attached hydrogens (tertiary/aromatic N) is 2. The van der Waals surface area contributed by atoms with Gasteiger partial charge in [-0.2, -0.15) is 0 Å². The molecule has 1 aliphatic rings. The Balaban J connectivity index is 1.81. The van der Waals surface area contributed by atoms with Crippen LogP contribution < -0.4 is 5.32 Å². The third-order valence-electron chi connectivity index (χ3n) is 4.30. The maximum atomic E-state index is 12.1. The number of carbonyl (C=O) groups excluding carboxylic acids is 1. The van der Waals surface area contributed by atoms with Crippen molar-refractivity contribution in [3.8, 4) is 0 Å². The second kappa shape index (κ2) is 7.95. The topological polar surface area (TPSA) is 35.6 Å². The van der Waals surface area contributed by atoms with Gasteiger partial charge >= 0.3 is 0 Å². The molecule has 0 saturated carbocycles. The fourth-order valence-corrected chi connectivity index (χ4v) is 3.08. The van der Waals surface area contributed by atoms with Crippen LogP contribution in [0.25, 0.3) is 0 Å². The van der Waals surface area contributed by atoms with Crippen molar-refractivity contribution < 1.29 is 4.79 Å². The number of hydrogen-bond acceptors (Lipinski definition) is 3. The van der Waals surface area contributed by atoms with Gasteiger partial charge in [-0.25, -0.2) is 0 Å². The van der Waals surface area contributed by atoms with Crippen molar-refractivity contribution in [1.82, 2.24) is 9.80 Å². The summed E-state index contributed by atoms with van der Waals surface area (Å²) in [5.74, 6) is 0.0164. The molecule has 0 unspecified atom stereocenters. The van der Waals surface area contributed by atoms with Crippen LogP contribution in [0.15, 0.2) is 18.2 Å². The monoisotopic (exact) mass is 323 g/mol. The molecule has 1 heterocycles. The van der Waals surface area contributed by atoms with Crippen LogP contribution in [-0.4, -0.2) is 55.5 Å². The van der Waals surface area contributed by atoms with Crippen LogP contribution in [0.5, 0.6) is 0 Å². The molecule has 2 rings (SSSR count). The minimum Gasteiger partial charge on any atom is -0.325 e. The quantitative estimate of drug-likeness (QED) is 0.904. The van der Waals surface area contributed by atoms with Crippen molar-refractivity contribution in [3.63, 3.8) is 0 Å². The Morgan fingerprint density at radius 2 is 2.23 bits per heavy atom. The number of benzene rings is 1. The molecule has 1 aromatic rings. The molecule has 1 aliphatic heterocycles. The predicted octanol–water partition coefficient (Wildman–Crippen LogP) is 3.00. The second-order valence-corrected chi connectivity index (χ2v) is 6.75. The first kappa shape index (κ1) is 17.3. The van der Waals surface area contributed by atoms with Crippen molar-refractivity contribution >= 4 is 23.2 Å². The predicted molar refractivity (Wildman–Crippen MR) is 92.6 cm³/mol. The van der Waals surface area contributed by atoms with Crippen molar-refractivity contribution in [2.24, 2.45) is 0 Å². The summed E-state index contributed by atoms with van der Waals surface area (Å²) in [7, 11) is 4.18. The normalized spacial score (nSPS) is 19.4. The molecule has 4 nitrogen and oxygen atoms in total. The van der Waals surface area contributed by atoms with Gasteiger partial charge in [-0.3, -0.25) is 9.69 Å². The van der Waals surface area contributed by atoms with Crippen LogP contribution in [0.3, 0.4) is 0 Å². The van der Waals surface area contributed by atoms with E-state index in [0.29, 0.717) is 12.6 Å². The first-order chi connectivity index (χ1) is 10.5. The average molecular weight is 324 g/mol. The summed E-state index contributed by atoms with van der Waals surface area (Å²) >= 11 is 6.00. The molecule has 1 N–H and O–H groups in total. The molecule has 0 aromatic heterocycles. The van der Waals surface area contributed by atoms with Gasteiger partial charge < -0.3 is 10.2 Å². The minimum absolute atomic E-state index is 0.0164. The van der Waals surface area contributed by atoms with Crippen molar-refractivity contribution in [1.29, 1.82) is 0 Å². The van der Waals surface area contributed by atoms with Gasteiger partial charge in [0.1, 0.15) is 0 Å². The van der Waals surface area contributed by atoms with Gasteiger partial charge in [0.2, 0.25) is 5.91 Å². The van der Waals surface area contributed by atoms with E-state index in [9.17, 15) is 4.79 Å². The van der Waals surface area contributed by atoms with Gasteiger partial charge in [-0.15, -0.1) is 0 Å². The number of carbonyl (C=O) groups is 1. The first-order valence-corrected chi connectivity index (χ1v) is 8.28. The molecule has 0 spiro atoms. The summed E-state index contributed by atoms with van der Waals surface area (Å²) in [6.07, 6.45) is 3.80. The maximum Gasteiger partial charge on any atom is 0.238 e. The van der Waals surface area contributed by atoms with Gasteiger partial charge in [-0.1, -0.05) is 18.0 Å². The Kier molecular flexibility index (Phi) is 6.24. The number of piperidine rings is 1. The Bertz CT molecular complexity index is 521. The van der Waals surface area contributed by atoms with Crippen LogP contribution in [0.4, 0.5) is 5.69 Å². The molecule has 122 valence electrons. The molecule has 1 fully saturated rings. The molecule has 0 bridgehead atoms.